The Morgan fingerprint density at radius 3 is 2.85 bits per heavy atom. The number of aryl methyl sites for hydroxylation is 1. The van der Waals surface area contributed by atoms with E-state index in [-0.39, 0.29) is 0 Å². The smallest absolute Gasteiger partial charge is 0.0855 e. The molecule has 1 heterocycles. The number of aliphatic hydroxyl groups is 1. The largest absolute Gasteiger partial charge is 0.390 e. The minimum Gasteiger partial charge on any atom is -0.390 e. The van der Waals surface area contributed by atoms with Crippen LogP contribution in [0.4, 0.5) is 0 Å². The van der Waals surface area contributed by atoms with Crippen LogP contribution in [0.25, 0.3) is 0 Å². The third-order valence-electron chi connectivity index (χ3n) is 1.89. The van der Waals surface area contributed by atoms with Gasteiger partial charge in [0.2, 0.25) is 0 Å². The highest BCUT2D eigenvalue weighted by molar-refractivity contribution is 4.98. The van der Waals surface area contributed by atoms with Crippen molar-refractivity contribution in [2.75, 3.05) is 6.54 Å². The molecule has 0 aromatic carbocycles. The van der Waals surface area contributed by atoms with Crippen LogP contribution in [0.15, 0.2) is 6.20 Å². The summed E-state index contributed by atoms with van der Waals surface area (Å²) in [7, 11) is 1.80. The van der Waals surface area contributed by atoms with E-state index in [0.717, 1.165) is 5.69 Å². The second-order valence-corrected chi connectivity index (χ2v) is 3.60. The molecule has 0 saturated carbocycles. The first kappa shape index (κ1) is 10.1. The third kappa shape index (κ3) is 3.12. The Kier molecular flexibility index (Phi) is 3.00. The zero-order valence-electron chi connectivity index (χ0n) is 8.06. The summed E-state index contributed by atoms with van der Waals surface area (Å²) in [5.74, 6) is 0. The third-order valence-corrected chi connectivity index (χ3v) is 1.89. The lowest BCUT2D eigenvalue weighted by Crippen LogP contribution is -2.30. The van der Waals surface area contributed by atoms with Gasteiger partial charge in [0.05, 0.1) is 11.3 Å². The first-order valence-corrected chi connectivity index (χ1v) is 4.31. The van der Waals surface area contributed by atoms with Gasteiger partial charge in [-0.05, 0) is 19.9 Å². The fraction of sp³-hybridized carbons (Fsp3) is 0.750. The van der Waals surface area contributed by atoms with Crippen LogP contribution in [-0.2, 0) is 13.5 Å². The molecule has 1 rings (SSSR count). The Morgan fingerprint density at radius 2 is 2.38 bits per heavy atom. The van der Waals surface area contributed by atoms with E-state index in [4.69, 9.17) is 5.73 Å². The monoisotopic (exact) mass is 184 g/mol. The molecule has 0 spiro atoms. The molecule has 3 N–H and O–H groups in total. The van der Waals surface area contributed by atoms with E-state index in [9.17, 15) is 5.11 Å². The highest BCUT2D eigenvalue weighted by atomic mass is 16.3. The Labute approximate surface area is 77.6 Å². The molecule has 0 saturated heterocycles. The molecule has 0 radical (unpaired) electrons. The molecule has 74 valence electrons. The summed E-state index contributed by atoms with van der Waals surface area (Å²) in [5, 5.41) is 17.5. The first-order chi connectivity index (χ1) is 6.03. The predicted octanol–water partition coefficient (Wildman–Crippen LogP) is -0.543. The summed E-state index contributed by atoms with van der Waals surface area (Å²) in [6.45, 7) is 2.24. The molecule has 1 aromatic rings. The normalized spacial score (nSPS) is 15.7. The van der Waals surface area contributed by atoms with Crippen molar-refractivity contribution in [1.29, 1.82) is 0 Å². The van der Waals surface area contributed by atoms with Gasteiger partial charge in [0.1, 0.15) is 0 Å². The molecule has 5 heteroatoms. The van der Waals surface area contributed by atoms with E-state index >= 15 is 0 Å². The van der Waals surface area contributed by atoms with E-state index in [0.29, 0.717) is 19.4 Å². The van der Waals surface area contributed by atoms with Gasteiger partial charge in [0.25, 0.3) is 0 Å². The number of hydrogen-bond acceptors (Lipinski definition) is 4. The lowest BCUT2D eigenvalue weighted by atomic mass is 9.97. The minimum absolute atomic E-state index is 0.479. The number of rotatable bonds is 4. The van der Waals surface area contributed by atoms with Crippen LogP contribution < -0.4 is 5.73 Å². The van der Waals surface area contributed by atoms with Crippen molar-refractivity contribution in [1.82, 2.24) is 15.0 Å². The molecule has 0 aliphatic carbocycles. The van der Waals surface area contributed by atoms with E-state index in [1.807, 2.05) is 0 Å². The minimum atomic E-state index is -0.773. The maximum atomic E-state index is 9.82. The predicted molar refractivity (Wildman–Crippen MR) is 49.0 cm³/mol. The first-order valence-electron chi connectivity index (χ1n) is 4.31. The zero-order valence-corrected chi connectivity index (χ0v) is 8.06. The van der Waals surface area contributed by atoms with Crippen LogP contribution in [0, 0.1) is 0 Å². The second-order valence-electron chi connectivity index (χ2n) is 3.60. The number of hydrogen-bond donors (Lipinski definition) is 2. The van der Waals surface area contributed by atoms with Crippen molar-refractivity contribution < 1.29 is 5.11 Å². The lowest BCUT2D eigenvalue weighted by Gasteiger charge is -2.20. The molecule has 0 bridgehead atoms. The van der Waals surface area contributed by atoms with Gasteiger partial charge in [-0.2, -0.15) is 0 Å². The average Bonchev–Trinajstić information content (AvgIpc) is 2.34. The number of nitrogens with zero attached hydrogens (tertiary/aromatic N) is 3. The standard InChI is InChI=1S/C8H16N4O/c1-8(13,3-4-9)5-7-6-12(2)11-10-7/h6,13H,3-5,9H2,1-2H3. The molecule has 5 nitrogen and oxygen atoms in total. The van der Waals surface area contributed by atoms with Gasteiger partial charge in [-0.15, -0.1) is 5.10 Å². The Balaban J connectivity index is 2.57. The van der Waals surface area contributed by atoms with Gasteiger partial charge < -0.3 is 10.8 Å². The maximum absolute atomic E-state index is 9.82. The fourth-order valence-electron chi connectivity index (χ4n) is 1.27. The number of nitrogens with two attached hydrogens (primary N) is 1. The number of aromatic nitrogens is 3. The average molecular weight is 184 g/mol. The van der Waals surface area contributed by atoms with Crippen LogP contribution in [-0.4, -0.2) is 32.2 Å². The molecule has 13 heavy (non-hydrogen) atoms. The van der Waals surface area contributed by atoms with Gasteiger partial charge in [-0.3, -0.25) is 4.68 Å². The van der Waals surface area contributed by atoms with Crippen LogP contribution in [0.5, 0.6) is 0 Å². The summed E-state index contributed by atoms with van der Waals surface area (Å²) >= 11 is 0. The molecule has 1 unspecified atom stereocenters. The van der Waals surface area contributed by atoms with Crippen LogP contribution in [0.3, 0.4) is 0 Å². The van der Waals surface area contributed by atoms with Crippen LogP contribution in [0.1, 0.15) is 19.0 Å². The van der Waals surface area contributed by atoms with E-state index in [1.54, 1.807) is 24.9 Å². The van der Waals surface area contributed by atoms with Crippen LogP contribution in [0.2, 0.25) is 0 Å². The van der Waals surface area contributed by atoms with Gasteiger partial charge in [-0.1, -0.05) is 5.21 Å². The summed E-state index contributed by atoms with van der Waals surface area (Å²) in [6.07, 6.45) is 2.87. The SMILES string of the molecule is Cn1cc(CC(C)(O)CCN)nn1. The summed E-state index contributed by atoms with van der Waals surface area (Å²) in [5.41, 5.74) is 5.39. The van der Waals surface area contributed by atoms with Crippen molar-refractivity contribution >= 4 is 0 Å². The van der Waals surface area contributed by atoms with Crippen molar-refractivity contribution in [3.8, 4) is 0 Å². The molecule has 0 aliphatic rings. The summed E-state index contributed by atoms with van der Waals surface area (Å²) in [6, 6.07) is 0. The van der Waals surface area contributed by atoms with Crippen molar-refractivity contribution in [2.45, 2.75) is 25.4 Å². The molecule has 0 amide bonds. The molecule has 1 aromatic heterocycles. The quantitative estimate of drug-likeness (QED) is 0.658. The molecule has 0 fully saturated rings. The van der Waals surface area contributed by atoms with Gasteiger partial charge in [-0.25, -0.2) is 0 Å². The van der Waals surface area contributed by atoms with Crippen molar-refractivity contribution in [3.63, 3.8) is 0 Å². The zero-order chi connectivity index (χ0) is 9.90. The Bertz CT molecular complexity index is 269. The van der Waals surface area contributed by atoms with Gasteiger partial charge in [0.15, 0.2) is 0 Å². The molecule has 1 atom stereocenters. The summed E-state index contributed by atoms with van der Waals surface area (Å²) in [4.78, 5) is 0. The molecular weight excluding hydrogens is 168 g/mol. The van der Waals surface area contributed by atoms with Gasteiger partial charge in [0, 0.05) is 19.7 Å². The van der Waals surface area contributed by atoms with Crippen LogP contribution >= 0.6 is 0 Å². The lowest BCUT2D eigenvalue weighted by molar-refractivity contribution is 0.0529. The van der Waals surface area contributed by atoms with E-state index in [2.05, 4.69) is 10.3 Å². The van der Waals surface area contributed by atoms with E-state index in [1.165, 1.54) is 0 Å². The highest BCUT2D eigenvalue weighted by Crippen LogP contribution is 2.13. The highest BCUT2D eigenvalue weighted by Gasteiger charge is 2.21. The molecular formula is C8H16N4O. The summed E-state index contributed by atoms with van der Waals surface area (Å²) < 4.78 is 1.62. The maximum Gasteiger partial charge on any atom is 0.0855 e. The van der Waals surface area contributed by atoms with Gasteiger partial charge >= 0.3 is 0 Å². The Hall–Kier alpha value is -0.940. The molecule has 0 aliphatic heterocycles. The van der Waals surface area contributed by atoms with Crippen molar-refractivity contribution in [3.05, 3.63) is 11.9 Å². The van der Waals surface area contributed by atoms with Crippen molar-refractivity contribution in [2.24, 2.45) is 12.8 Å². The Morgan fingerprint density at radius 1 is 1.69 bits per heavy atom. The fourth-order valence-corrected chi connectivity index (χ4v) is 1.27. The topological polar surface area (TPSA) is 77.0 Å². The van der Waals surface area contributed by atoms with E-state index < -0.39 is 5.60 Å². The second kappa shape index (κ2) is 3.85.